The monoisotopic (exact) mass is 488 g/mol. The summed E-state index contributed by atoms with van der Waals surface area (Å²) in [5, 5.41) is 10.1. The van der Waals surface area contributed by atoms with Crippen LogP contribution in [0.25, 0.3) is 0 Å². The molecular weight excluding hydrogens is 468 g/mol. The van der Waals surface area contributed by atoms with Gasteiger partial charge in [0.2, 0.25) is 0 Å². The molecule has 1 aliphatic rings. The van der Waals surface area contributed by atoms with Crippen molar-refractivity contribution in [3.63, 3.8) is 0 Å². The van der Waals surface area contributed by atoms with E-state index in [-0.39, 0.29) is 22.2 Å². The molecular formula is C16H20N6O6S3. The summed E-state index contributed by atoms with van der Waals surface area (Å²) >= 11 is 2.37. The van der Waals surface area contributed by atoms with E-state index < -0.39 is 33.7 Å². The average Bonchev–Trinajstić information content (AvgIpc) is 3.32. The number of nitrogens with one attached hydrogen (secondary N) is 1. The van der Waals surface area contributed by atoms with Gasteiger partial charge in [0.15, 0.2) is 10.8 Å². The molecule has 1 fully saturated rings. The predicted molar refractivity (Wildman–Crippen MR) is 114 cm³/mol. The Bertz CT molecular complexity index is 1140. The quantitative estimate of drug-likeness (QED) is 0.207. The molecule has 2 aromatic heterocycles. The van der Waals surface area contributed by atoms with Gasteiger partial charge in [0.1, 0.15) is 24.4 Å². The molecule has 1 aliphatic heterocycles. The fourth-order valence-corrected chi connectivity index (χ4v) is 5.78. The number of nitrogens with zero attached hydrogens (tertiary/aromatic N) is 4. The van der Waals surface area contributed by atoms with Gasteiger partial charge in [-0.25, -0.2) is 14.3 Å². The van der Waals surface area contributed by atoms with E-state index in [9.17, 15) is 22.6 Å². The number of nitrogen functional groups attached to an aromatic ring is 1. The number of carbonyl (C=O) groups is 2. The highest BCUT2D eigenvalue weighted by atomic mass is 32.2. The van der Waals surface area contributed by atoms with Crippen LogP contribution < -0.4 is 11.1 Å². The van der Waals surface area contributed by atoms with Crippen LogP contribution >= 0.6 is 22.7 Å². The summed E-state index contributed by atoms with van der Waals surface area (Å²) < 4.78 is 33.7. The van der Waals surface area contributed by atoms with Gasteiger partial charge in [-0.1, -0.05) is 12.1 Å². The van der Waals surface area contributed by atoms with E-state index in [0.717, 1.165) is 22.8 Å². The van der Waals surface area contributed by atoms with Gasteiger partial charge in [-0.3, -0.25) is 14.1 Å². The van der Waals surface area contributed by atoms with Gasteiger partial charge in [-0.05, 0) is 19.8 Å². The summed E-state index contributed by atoms with van der Waals surface area (Å²) in [5.41, 5.74) is 4.07. The second kappa shape index (κ2) is 8.49. The van der Waals surface area contributed by atoms with Gasteiger partial charge >= 0.3 is 10.3 Å². The number of β-lactam (4-membered cyclic amide) rings is 1. The van der Waals surface area contributed by atoms with Crippen LogP contribution in [0, 0.1) is 0 Å². The highest BCUT2D eigenvalue weighted by molar-refractivity contribution is 7.84. The predicted octanol–water partition coefficient (Wildman–Crippen LogP) is 0.530. The molecule has 3 heterocycles. The molecule has 2 atom stereocenters. The Kier molecular flexibility index (Phi) is 6.31. The minimum absolute atomic E-state index is 0.126. The van der Waals surface area contributed by atoms with E-state index in [1.165, 1.54) is 30.8 Å². The fourth-order valence-electron chi connectivity index (χ4n) is 3.21. The summed E-state index contributed by atoms with van der Waals surface area (Å²) in [6.07, 6.45) is 1.48. The van der Waals surface area contributed by atoms with E-state index >= 15 is 0 Å². The third-order valence-corrected chi connectivity index (χ3v) is 7.24. The van der Waals surface area contributed by atoms with Gasteiger partial charge in [0.05, 0.1) is 10.7 Å². The third-order valence-electron chi connectivity index (χ3n) is 4.63. The molecule has 0 aromatic carbocycles. The number of carbonyl (C=O) groups excluding carboxylic acids is 2. The summed E-state index contributed by atoms with van der Waals surface area (Å²) in [5.74, 6) is -1.85. The van der Waals surface area contributed by atoms with Gasteiger partial charge in [-0.15, -0.1) is 22.7 Å². The largest absolute Gasteiger partial charge is 0.398 e. The van der Waals surface area contributed by atoms with Crippen LogP contribution in [-0.4, -0.2) is 57.9 Å². The summed E-state index contributed by atoms with van der Waals surface area (Å²) in [4.78, 5) is 38.6. The van der Waals surface area contributed by atoms with Gasteiger partial charge in [0.25, 0.3) is 11.8 Å². The van der Waals surface area contributed by atoms with Crippen LogP contribution in [0.1, 0.15) is 36.7 Å². The Morgan fingerprint density at radius 2 is 2.13 bits per heavy atom. The zero-order valence-corrected chi connectivity index (χ0v) is 19.2. The molecule has 0 aliphatic carbocycles. The van der Waals surface area contributed by atoms with E-state index in [1.54, 1.807) is 5.38 Å². The minimum Gasteiger partial charge on any atom is -0.398 e. The van der Waals surface area contributed by atoms with Crippen LogP contribution in [0.5, 0.6) is 0 Å². The smallest absolute Gasteiger partial charge is 0.363 e. The van der Waals surface area contributed by atoms with Crippen molar-refractivity contribution in [3.05, 3.63) is 27.2 Å². The standard InChI is InChI=1S/C16H20N6O6S3/c1-4-5-10-19-9(7-29-10)16(2)12(14(24)22(16)31(25,26)27)20-13(23)11(21-28-3)8-6-30-15(17)18-8/h6-7,12H,4-5H2,1-3H3,(H2,17,18)(H,20,23)(H,25,26,27)/b21-11+/t12-,16-/m1/s1. The first kappa shape index (κ1) is 23.1. The maximum atomic E-state index is 12.9. The first-order chi connectivity index (χ1) is 14.5. The van der Waals surface area contributed by atoms with Crippen molar-refractivity contribution in [2.45, 2.75) is 38.3 Å². The SMILES string of the molecule is CCCc1nc([C@]2(C)[C@H](NC(=O)/C(=N/OC)c3csc(N)n3)C(=O)N2S(=O)(=O)O)cs1. The maximum Gasteiger partial charge on any atom is 0.363 e. The lowest BCUT2D eigenvalue weighted by atomic mass is 9.80. The molecule has 0 saturated carbocycles. The fraction of sp³-hybridized carbons (Fsp3) is 0.438. The number of rotatable bonds is 8. The molecule has 1 saturated heterocycles. The van der Waals surface area contributed by atoms with Crippen LogP contribution in [0.15, 0.2) is 15.9 Å². The molecule has 4 N–H and O–H groups in total. The number of aryl methyl sites for hydroxylation is 1. The minimum atomic E-state index is -4.91. The first-order valence-electron chi connectivity index (χ1n) is 8.94. The Morgan fingerprint density at radius 1 is 1.42 bits per heavy atom. The van der Waals surface area contributed by atoms with E-state index in [1.807, 2.05) is 6.92 Å². The molecule has 2 amide bonds. The number of amides is 2. The van der Waals surface area contributed by atoms with Crippen molar-refractivity contribution >= 4 is 55.6 Å². The normalized spacial score (nSPS) is 21.7. The number of hydrogen-bond acceptors (Lipinski definition) is 11. The molecule has 3 rings (SSSR count). The van der Waals surface area contributed by atoms with Crippen molar-refractivity contribution in [2.75, 3.05) is 12.8 Å². The van der Waals surface area contributed by atoms with Gasteiger partial charge < -0.3 is 15.9 Å². The highest BCUT2D eigenvalue weighted by Gasteiger charge is 2.65. The second-order valence-corrected chi connectivity index (χ2v) is 9.80. The van der Waals surface area contributed by atoms with Crippen molar-refractivity contribution in [3.8, 4) is 0 Å². The molecule has 168 valence electrons. The van der Waals surface area contributed by atoms with Crippen LogP contribution in [0.3, 0.4) is 0 Å². The lowest BCUT2D eigenvalue weighted by Crippen LogP contribution is -2.77. The summed E-state index contributed by atoms with van der Waals surface area (Å²) in [6.45, 7) is 3.36. The van der Waals surface area contributed by atoms with E-state index in [0.29, 0.717) is 10.7 Å². The van der Waals surface area contributed by atoms with E-state index in [4.69, 9.17) is 10.6 Å². The summed E-state index contributed by atoms with van der Waals surface area (Å²) in [6, 6.07) is -1.34. The number of thiazole rings is 2. The maximum absolute atomic E-state index is 12.9. The number of hydrogen-bond donors (Lipinski definition) is 3. The zero-order chi connectivity index (χ0) is 23.0. The number of nitrogens with two attached hydrogens (primary N) is 1. The molecule has 31 heavy (non-hydrogen) atoms. The van der Waals surface area contributed by atoms with E-state index in [2.05, 4.69) is 20.4 Å². The van der Waals surface area contributed by atoms with Crippen molar-refractivity contribution in [1.82, 2.24) is 19.6 Å². The van der Waals surface area contributed by atoms with Gasteiger partial charge in [0, 0.05) is 10.8 Å². The van der Waals surface area contributed by atoms with Gasteiger partial charge in [-0.2, -0.15) is 8.42 Å². The third kappa shape index (κ3) is 4.13. The molecule has 15 heteroatoms. The second-order valence-electron chi connectivity index (χ2n) is 6.70. The molecule has 12 nitrogen and oxygen atoms in total. The molecule has 0 spiro atoms. The lowest BCUT2D eigenvalue weighted by molar-refractivity contribution is -0.154. The molecule has 0 unspecified atom stereocenters. The first-order valence-corrected chi connectivity index (χ1v) is 12.1. The average molecular weight is 489 g/mol. The summed E-state index contributed by atoms with van der Waals surface area (Å²) in [7, 11) is -3.68. The topological polar surface area (TPSA) is 177 Å². The molecule has 2 aromatic rings. The number of oxime groups is 1. The van der Waals surface area contributed by atoms with Crippen molar-refractivity contribution in [2.24, 2.45) is 5.16 Å². The number of anilines is 1. The highest BCUT2D eigenvalue weighted by Crippen LogP contribution is 2.43. The van der Waals surface area contributed by atoms with Crippen LogP contribution in [0.2, 0.25) is 0 Å². The Labute approximate surface area is 186 Å². The number of aromatic nitrogens is 2. The molecule has 0 radical (unpaired) electrons. The Balaban J connectivity index is 1.97. The molecule has 0 bridgehead atoms. The van der Waals surface area contributed by atoms with Crippen molar-refractivity contribution < 1.29 is 27.4 Å². The lowest BCUT2D eigenvalue weighted by Gasteiger charge is -2.51. The van der Waals surface area contributed by atoms with Crippen molar-refractivity contribution in [1.29, 1.82) is 0 Å². The zero-order valence-electron chi connectivity index (χ0n) is 16.7. The van der Waals surface area contributed by atoms with Crippen LogP contribution in [0.4, 0.5) is 5.13 Å². The Morgan fingerprint density at radius 3 is 2.68 bits per heavy atom. The Hall–Kier alpha value is -2.62. The van der Waals surface area contributed by atoms with Crippen LogP contribution in [-0.2, 0) is 36.7 Å².